The molecular formula is C19H33NO. The van der Waals surface area contributed by atoms with Crippen molar-refractivity contribution in [2.24, 2.45) is 5.41 Å². The molecule has 1 aromatic rings. The molecule has 0 heterocycles. The average molecular weight is 291 g/mol. The first-order valence-corrected chi connectivity index (χ1v) is 8.24. The molecule has 2 heteroatoms. The summed E-state index contributed by atoms with van der Waals surface area (Å²) in [5, 5.41) is 3.51. The van der Waals surface area contributed by atoms with E-state index in [1.54, 1.807) is 7.11 Å². The highest BCUT2D eigenvalue weighted by Gasteiger charge is 2.17. The van der Waals surface area contributed by atoms with Gasteiger partial charge in [-0.1, -0.05) is 32.9 Å². The van der Waals surface area contributed by atoms with Gasteiger partial charge in [0.1, 0.15) is 5.75 Å². The zero-order chi connectivity index (χ0) is 15.9. The van der Waals surface area contributed by atoms with E-state index in [0.717, 1.165) is 25.3 Å². The Kier molecular flexibility index (Phi) is 7.24. The maximum atomic E-state index is 5.44. The highest BCUT2D eigenvalue weighted by molar-refractivity contribution is 5.43. The molecule has 1 rings (SSSR count). The minimum Gasteiger partial charge on any atom is -0.496 e. The van der Waals surface area contributed by atoms with E-state index in [1.807, 2.05) is 0 Å². The Labute approximate surface area is 131 Å². The second-order valence-electron chi connectivity index (χ2n) is 6.93. The maximum absolute atomic E-state index is 5.44. The number of benzene rings is 1. The van der Waals surface area contributed by atoms with Gasteiger partial charge in [-0.15, -0.1) is 0 Å². The van der Waals surface area contributed by atoms with E-state index in [2.05, 4.69) is 52.1 Å². The Morgan fingerprint density at radius 2 is 1.67 bits per heavy atom. The van der Waals surface area contributed by atoms with E-state index in [-0.39, 0.29) is 0 Å². The minimum atomic E-state index is 0.391. The lowest BCUT2D eigenvalue weighted by atomic mass is 9.83. The summed E-state index contributed by atoms with van der Waals surface area (Å²) in [6, 6.07) is 4.55. The van der Waals surface area contributed by atoms with Crippen LogP contribution in [0.5, 0.6) is 5.75 Å². The van der Waals surface area contributed by atoms with Gasteiger partial charge in [-0.25, -0.2) is 0 Å². The highest BCUT2D eigenvalue weighted by Crippen LogP contribution is 2.29. The van der Waals surface area contributed by atoms with Crippen molar-refractivity contribution in [1.82, 2.24) is 5.32 Å². The first-order chi connectivity index (χ1) is 9.89. The van der Waals surface area contributed by atoms with Crippen LogP contribution in [-0.4, -0.2) is 20.2 Å². The standard InChI is InChI=1S/C19H33NO/c1-7-11-20-12-10-19(4,5)9-8-17-13-15(2)18(21-6)16(3)14-17/h13-14,20H,7-12H2,1-6H3. The maximum Gasteiger partial charge on any atom is 0.124 e. The number of hydrogen-bond acceptors (Lipinski definition) is 2. The molecule has 2 nitrogen and oxygen atoms in total. The minimum absolute atomic E-state index is 0.391. The second kappa shape index (κ2) is 8.43. The molecule has 0 saturated heterocycles. The van der Waals surface area contributed by atoms with E-state index in [4.69, 9.17) is 4.74 Å². The molecule has 0 bridgehead atoms. The Hall–Kier alpha value is -1.02. The fraction of sp³-hybridized carbons (Fsp3) is 0.684. The summed E-state index contributed by atoms with van der Waals surface area (Å²) in [6.07, 6.45) is 4.82. The summed E-state index contributed by atoms with van der Waals surface area (Å²) in [7, 11) is 1.75. The highest BCUT2D eigenvalue weighted by atomic mass is 16.5. The summed E-state index contributed by atoms with van der Waals surface area (Å²) >= 11 is 0. The monoisotopic (exact) mass is 291 g/mol. The third-order valence-corrected chi connectivity index (χ3v) is 4.22. The van der Waals surface area contributed by atoms with Gasteiger partial charge in [-0.3, -0.25) is 0 Å². The van der Waals surface area contributed by atoms with Crippen LogP contribution in [0.25, 0.3) is 0 Å². The van der Waals surface area contributed by atoms with Gasteiger partial charge in [0.2, 0.25) is 0 Å². The van der Waals surface area contributed by atoms with E-state index < -0.39 is 0 Å². The lowest BCUT2D eigenvalue weighted by Gasteiger charge is -2.25. The zero-order valence-electron chi connectivity index (χ0n) is 14.8. The van der Waals surface area contributed by atoms with Crippen molar-refractivity contribution < 1.29 is 4.74 Å². The summed E-state index contributed by atoms with van der Waals surface area (Å²) < 4.78 is 5.44. The van der Waals surface area contributed by atoms with Gasteiger partial charge in [0.25, 0.3) is 0 Å². The van der Waals surface area contributed by atoms with Crippen LogP contribution < -0.4 is 10.1 Å². The van der Waals surface area contributed by atoms with Crippen LogP contribution in [0.4, 0.5) is 0 Å². The van der Waals surface area contributed by atoms with Crippen LogP contribution in [0.2, 0.25) is 0 Å². The molecule has 0 saturated carbocycles. The van der Waals surface area contributed by atoms with Crippen LogP contribution in [0.15, 0.2) is 12.1 Å². The molecule has 0 radical (unpaired) electrons. The van der Waals surface area contributed by atoms with Crippen molar-refractivity contribution in [2.45, 2.75) is 60.3 Å². The fourth-order valence-electron chi connectivity index (χ4n) is 2.84. The molecule has 0 atom stereocenters. The number of rotatable bonds is 9. The van der Waals surface area contributed by atoms with Gasteiger partial charge in [0.05, 0.1) is 7.11 Å². The average Bonchev–Trinajstić information content (AvgIpc) is 2.41. The molecule has 21 heavy (non-hydrogen) atoms. The number of nitrogens with one attached hydrogen (secondary N) is 1. The van der Waals surface area contributed by atoms with Crippen LogP contribution in [0.3, 0.4) is 0 Å². The summed E-state index contributed by atoms with van der Waals surface area (Å²) in [4.78, 5) is 0. The predicted molar refractivity (Wildman–Crippen MR) is 92.3 cm³/mol. The lowest BCUT2D eigenvalue weighted by Crippen LogP contribution is -2.23. The summed E-state index contributed by atoms with van der Waals surface area (Å²) in [5.74, 6) is 1.03. The van der Waals surface area contributed by atoms with Crippen LogP contribution >= 0.6 is 0 Å². The number of hydrogen-bond donors (Lipinski definition) is 1. The summed E-state index contributed by atoms with van der Waals surface area (Å²) in [6.45, 7) is 13.5. The molecule has 0 spiro atoms. The first kappa shape index (κ1) is 18.0. The van der Waals surface area contributed by atoms with Gasteiger partial charge in [0.15, 0.2) is 0 Å². The van der Waals surface area contributed by atoms with Crippen LogP contribution in [0.1, 0.15) is 56.7 Å². The first-order valence-electron chi connectivity index (χ1n) is 8.24. The Morgan fingerprint density at radius 3 is 2.19 bits per heavy atom. The third-order valence-electron chi connectivity index (χ3n) is 4.22. The van der Waals surface area contributed by atoms with E-state index >= 15 is 0 Å². The molecule has 0 amide bonds. The Bertz CT molecular complexity index is 414. The predicted octanol–water partition coefficient (Wildman–Crippen LogP) is 4.66. The third kappa shape index (κ3) is 6.09. The topological polar surface area (TPSA) is 21.3 Å². The quantitative estimate of drug-likeness (QED) is 0.668. The van der Waals surface area contributed by atoms with Crippen molar-refractivity contribution in [3.8, 4) is 5.75 Å². The van der Waals surface area contributed by atoms with E-state index in [0.29, 0.717) is 5.41 Å². The molecule has 0 unspecified atom stereocenters. The molecular weight excluding hydrogens is 258 g/mol. The van der Waals surface area contributed by atoms with Gasteiger partial charge in [0, 0.05) is 0 Å². The van der Waals surface area contributed by atoms with Gasteiger partial charge < -0.3 is 10.1 Å². The van der Waals surface area contributed by atoms with E-state index in [9.17, 15) is 0 Å². The second-order valence-corrected chi connectivity index (χ2v) is 6.93. The van der Waals surface area contributed by atoms with Crippen molar-refractivity contribution in [3.05, 3.63) is 28.8 Å². The largest absolute Gasteiger partial charge is 0.496 e. The number of methoxy groups -OCH3 is 1. The van der Waals surface area contributed by atoms with Crippen LogP contribution in [-0.2, 0) is 6.42 Å². The molecule has 0 aliphatic heterocycles. The molecule has 0 fully saturated rings. The fourth-order valence-corrected chi connectivity index (χ4v) is 2.84. The van der Waals surface area contributed by atoms with Crippen molar-refractivity contribution in [2.75, 3.05) is 20.2 Å². The lowest BCUT2D eigenvalue weighted by molar-refractivity contribution is 0.302. The molecule has 1 aromatic carbocycles. The van der Waals surface area contributed by atoms with Gasteiger partial charge in [-0.2, -0.15) is 0 Å². The molecule has 1 N–H and O–H groups in total. The van der Waals surface area contributed by atoms with Crippen molar-refractivity contribution >= 4 is 0 Å². The van der Waals surface area contributed by atoms with Crippen LogP contribution in [0, 0.1) is 19.3 Å². The van der Waals surface area contributed by atoms with Crippen molar-refractivity contribution in [3.63, 3.8) is 0 Å². The number of aryl methyl sites for hydroxylation is 3. The molecule has 0 aliphatic rings. The number of ether oxygens (including phenoxy) is 1. The summed E-state index contributed by atoms with van der Waals surface area (Å²) in [5.41, 5.74) is 4.31. The molecule has 0 aliphatic carbocycles. The SMILES string of the molecule is CCCNCCC(C)(C)CCc1cc(C)c(OC)c(C)c1. The smallest absolute Gasteiger partial charge is 0.124 e. The van der Waals surface area contributed by atoms with Gasteiger partial charge in [-0.05, 0) is 74.7 Å². The molecule has 0 aromatic heterocycles. The van der Waals surface area contributed by atoms with E-state index in [1.165, 1.54) is 36.0 Å². The zero-order valence-corrected chi connectivity index (χ0v) is 14.8. The normalized spacial score (nSPS) is 11.7. The molecule has 120 valence electrons. The van der Waals surface area contributed by atoms with Crippen molar-refractivity contribution in [1.29, 1.82) is 0 Å². The van der Waals surface area contributed by atoms with Gasteiger partial charge >= 0.3 is 0 Å². The Balaban J connectivity index is 2.54. The Morgan fingerprint density at radius 1 is 1.05 bits per heavy atom.